The number of rotatable bonds is 3. The van der Waals surface area contributed by atoms with E-state index in [1.165, 1.54) is 24.3 Å². The third-order valence-electron chi connectivity index (χ3n) is 3.09. The molecule has 1 aliphatic rings. The Labute approximate surface area is 111 Å². The van der Waals surface area contributed by atoms with Crippen LogP contribution in [0, 0.1) is 12.3 Å². The number of carbonyl (C=O) groups is 1. The minimum Gasteiger partial charge on any atom is -0.480 e. The Hall–Kier alpha value is -1.84. The van der Waals surface area contributed by atoms with Crippen LogP contribution < -0.4 is 0 Å². The molecule has 0 aliphatic carbocycles. The largest absolute Gasteiger partial charge is 0.480 e. The topological polar surface area (TPSA) is 74.7 Å². The zero-order valence-electron chi connectivity index (χ0n) is 10.0. The molecular weight excluding hydrogens is 266 g/mol. The highest BCUT2D eigenvalue weighted by Gasteiger charge is 2.39. The number of carboxylic acid groups (broad SMARTS) is 1. The van der Waals surface area contributed by atoms with Gasteiger partial charge in [-0.1, -0.05) is 5.92 Å². The van der Waals surface area contributed by atoms with Crippen molar-refractivity contribution in [2.75, 3.05) is 6.54 Å². The average molecular weight is 278 g/mol. The molecule has 1 aliphatic heterocycles. The summed E-state index contributed by atoms with van der Waals surface area (Å²) in [6.07, 6.45) is 7.82. The first-order valence-corrected chi connectivity index (χ1v) is 7.18. The van der Waals surface area contributed by atoms with Gasteiger partial charge in [0.2, 0.25) is 10.0 Å². The van der Waals surface area contributed by atoms with Crippen molar-refractivity contribution in [1.82, 2.24) is 4.31 Å². The third kappa shape index (κ3) is 2.48. The van der Waals surface area contributed by atoms with Crippen LogP contribution in [0.15, 0.2) is 29.2 Å². The monoisotopic (exact) mass is 278 g/mol. The van der Waals surface area contributed by atoms with Crippen LogP contribution in [0.2, 0.25) is 0 Å². The van der Waals surface area contributed by atoms with Crippen LogP contribution in [-0.4, -0.2) is 36.4 Å². The maximum atomic E-state index is 12.3. The first-order valence-electron chi connectivity index (χ1n) is 5.74. The summed E-state index contributed by atoms with van der Waals surface area (Å²) in [7, 11) is -3.79. The number of hydrogen-bond donors (Lipinski definition) is 1. The quantitative estimate of drug-likeness (QED) is 0.832. The van der Waals surface area contributed by atoms with E-state index >= 15 is 0 Å². The van der Waals surface area contributed by atoms with Crippen molar-refractivity contribution in [3.63, 3.8) is 0 Å². The molecule has 1 aromatic rings. The van der Waals surface area contributed by atoms with Crippen LogP contribution in [0.1, 0.15) is 18.4 Å². The van der Waals surface area contributed by atoms with Gasteiger partial charge >= 0.3 is 5.97 Å². The first kappa shape index (κ1) is 13.6. The highest BCUT2D eigenvalue weighted by atomic mass is 32.2. The molecule has 2 rings (SSSR count). The van der Waals surface area contributed by atoms with Crippen molar-refractivity contribution < 1.29 is 18.3 Å². The fourth-order valence-electron chi connectivity index (χ4n) is 2.12. The van der Waals surface area contributed by atoms with Gasteiger partial charge in [0.1, 0.15) is 6.04 Å². The van der Waals surface area contributed by atoms with Gasteiger partial charge in [0, 0.05) is 12.1 Å². The summed E-state index contributed by atoms with van der Waals surface area (Å²) in [6.45, 7) is 0.220. The molecule has 1 saturated heterocycles. The van der Waals surface area contributed by atoms with Crippen molar-refractivity contribution in [3.8, 4) is 5.92 Å². The van der Waals surface area contributed by atoms with Crippen LogP contribution in [0.4, 0.5) is 0 Å². The number of hydrogen-bond acceptors (Lipinski definition) is 3. The Bertz CT molecular complexity index is 628. The van der Waals surface area contributed by atoms with E-state index in [2.05, 4.69) is 5.92 Å². The molecule has 1 atom stereocenters. The second-order valence-electron chi connectivity index (χ2n) is 4.26. The van der Waals surface area contributed by atoms with E-state index in [0.717, 1.165) is 4.31 Å². The minimum absolute atomic E-state index is 0.0413. The number of carboxylic acids is 1. The lowest BCUT2D eigenvalue weighted by molar-refractivity contribution is -0.140. The van der Waals surface area contributed by atoms with E-state index in [0.29, 0.717) is 18.4 Å². The predicted octanol–water partition coefficient (Wildman–Crippen LogP) is 0.862. The number of aliphatic carboxylic acids is 1. The second-order valence-corrected chi connectivity index (χ2v) is 6.15. The van der Waals surface area contributed by atoms with Gasteiger partial charge in [-0.05, 0) is 43.5 Å². The fourth-order valence-corrected chi connectivity index (χ4v) is 3.77. The summed E-state index contributed by atoms with van der Waals surface area (Å²) in [6, 6.07) is 4.67. The van der Waals surface area contributed by atoms with Gasteiger partial charge in [0.25, 0.3) is 0 Å². The molecule has 99 valence electrons. The van der Waals surface area contributed by atoms with E-state index in [1.807, 2.05) is 0 Å². The first-order chi connectivity index (χ1) is 8.96. The van der Waals surface area contributed by atoms with E-state index in [4.69, 9.17) is 11.5 Å². The van der Waals surface area contributed by atoms with Gasteiger partial charge < -0.3 is 5.11 Å². The molecule has 0 saturated carbocycles. The number of nitrogens with zero attached hydrogens (tertiary/aromatic N) is 1. The standard InChI is InChI=1S/C13H12NO4S/c1-2-10-5-7-11(8-6-10)19(17,18)14-9-3-4-12(14)13(15)16/h5-8,12H,3-4,9H2,(H,15,16). The van der Waals surface area contributed by atoms with Gasteiger partial charge in [0.05, 0.1) is 4.90 Å². The molecule has 1 unspecified atom stereocenters. The summed E-state index contributed by atoms with van der Waals surface area (Å²) < 4.78 is 25.7. The van der Waals surface area contributed by atoms with Crippen molar-refractivity contribution in [3.05, 3.63) is 36.3 Å². The summed E-state index contributed by atoms with van der Waals surface area (Å²) >= 11 is 0. The van der Waals surface area contributed by atoms with E-state index in [1.54, 1.807) is 0 Å². The SMILES string of the molecule is [C]#Cc1ccc(S(=O)(=O)N2CCCC2C(=O)O)cc1. The Morgan fingerprint density at radius 3 is 2.53 bits per heavy atom. The predicted molar refractivity (Wildman–Crippen MR) is 67.2 cm³/mol. The third-order valence-corrected chi connectivity index (χ3v) is 5.02. The van der Waals surface area contributed by atoms with Crippen LogP contribution >= 0.6 is 0 Å². The van der Waals surface area contributed by atoms with E-state index < -0.39 is 22.0 Å². The zero-order valence-corrected chi connectivity index (χ0v) is 10.9. The Morgan fingerprint density at radius 2 is 2.00 bits per heavy atom. The van der Waals surface area contributed by atoms with Crippen molar-refractivity contribution in [1.29, 1.82) is 0 Å². The maximum Gasteiger partial charge on any atom is 0.322 e. The maximum absolute atomic E-state index is 12.3. The lowest BCUT2D eigenvalue weighted by Crippen LogP contribution is -2.40. The van der Waals surface area contributed by atoms with Crippen LogP contribution in [0.3, 0.4) is 0 Å². The van der Waals surface area contributed by atoms with Crippen LogP contribution in [0.25, 0.3) is 0 Å². The van der Waals surface area contributed by atoms with Gasteiger partial charge in [-0.15, -0.1) is 0 Å². The van der Waals surface area contributed by atoms with E-state index in [9.17, 15) is 13.2 Å². The average Bonchev–Trinajstić information content (AvgIpc) is 2.89. The Balaban J connectivity index is 2.36. The van der Waals surface area contributed by atoms with Crippen LogP contribution in [0.5, 0.6) is 0 Å². The van der Waals surface area contributed by atoms with Crippen molar-refractivity contribution >= 4 is 16.0 Å². The fraction of sp³-hybridized carbons (Fsp3) is 0.308. The van der Waals surface area contributed by atoms with Crippen LogP contribution in [-0.2, 0) is 14.8 Å². The smallest absolute Gasteiger partial charge is 0.322 e. The molecule has 0 amide bonds. The molecule has 5 nitrogen and oxygen atoms in total. The second kappa shape index (κ2) is 5.03. The summed E-state index contributed by atoms with van der Waals surface area (Å²) in [5, 5.41) is 9.04. The van der Waals surface area contributed by atoms with Crippen molar-refractivity contribution in [2.24, 2.45) is 0 Å². The van der Waals surface area contributed by atoms with Gasteiger partial charge in [-0.3, -0.25) is 4.79 Å². The molecule has 1 heterocycles. The molecule has 0 aromatic heterocycles. The molecule has 1 radical (unpaired) electrons. The molecule has 1 aromatic carbocycles. The summed E-state index contributed by atoms with van der Waals surface area (Å²) in [4.78, 5) is 11.1. The lowest BCUT2D eigenvalue weighted by atomic mass is 10.2. The summed E-state index contributed by atoms with van der Waals surface area (Å²) in [5.74, 6) is 1.03. The Morgan fingerprint density at radius 1 is 1.37 bits per heavy atom. The summed E-state index contributed by atoms with van der Waals surface area (Å²) in [5.41, 5.74) is 0.468. The van der Waals surface area contributed by atoms with Crippen molar-refractivity contribution in [2.45, 2.75) is 23.8 Å². The molecule has 6 heteroatoms. The molecule has 19 heavy (non-hydrogen) atoms. The molecule has 1 fully saturated rings. The molecule has 0 bridgehead atoms. The highest BCUT2D eigenvalue weighted by molar-refractivity contribution is 7.89. The molecule has 0 spiro atoms. The van der Waals surface area contributed by atoms with Gasteiger partial charge in [-0.2, -0.15) is 4.31 Å². The molecular formula is C13H12NO4S. The highest BCUT2D eigenvalue weighted by Crippen LogP contribution is 2.26. The van der Waals surface area contributed by atoms with Gasteiger partial charge in [-0.25, -0.2) is 8.42 Å². The number of benzene rings is 1. The van der Waals surface area contributed by atoms with E-state index in [-0.39, 0.29) is 11.4 Å². The number of sulfonamides is 1. The normalized spacial score (nSPS) is 20.1. The Kier molecular flexibility index (Phi) is 3.60. The van der Waals surface area contributed by atoms with Gasteiger partial charge in [0.15, 0.2) is 0 Å². The zero-order chi connectivity index (χ0) is 14.0. The minimum atomic E-state index is -3.79. The lowest BCUT2D eigenvalue weighted by Gasteiger charge is -2.20. The molecule has 1 N–H and O–H groups in total.